The minimum absolute atomic E-state index is 0.0653. The molecule has 0 saturated heterocycles. The summed E-state index contributed by atoms with van der Waals surface area (Å²) in [7, 11) is 3.98. The van der Waals surface area contributed by atoms with Crippen LogP contribution in [0.1, 0.15) is 56.7 Å². The normalized spacial score (nSPS) is 24.1. The minimum atomic E-state index is 0.0653. The Morgan fingerprint density at radius 3 is 2.52 bits per heavy atom. The largest absolute Gasteiger partial charge is 0.496 e. The van der Waals surface area contributed by atoms with Gasteiger partial charge in [0.25, 0.3) is 0 Å². The Morgan fingerprint density at radius 2 is 1.95 bits per heavy atom. The van der Waals surface area contributed by atoms with Crippen LogP contribution in [0, 0.1) is 5.92 Å². The summed E-state index contributed by atoms with van der Waals surface area (Å²) in [6, 6.07) is 7.08. The number of nitrogens with zero attached hydrogens (tertiary/aromatic N) is 1. The van der Waals surface area contributed by atoms with E-state index in [4.69, 9.17) is 10.5 Å². The molecule has 1 unspecified atom stereocenters. The molecule has 0 amide bonds. The van der Waals surface area contributed by atoms with Crippen LogP contribution in [0.15, 0.2) is 18.2 Å². The van der Waals surface area contributed by atoms with Crippen molar-refractivity contribution in [3.63, 3.8) is 0 Å². The zero-order valence-electron chi connectivity index (χ0n) is 13.9. The van der Waals surface area contributed by atoms with Gasteiger partial charge in [-0.2, -0.15) is 0 Å². The molecule has 118 valence electrons. The lowest BCUT2D eigenvalue weighted by Gasteiger charge is -2.34. The molecule has 2 N–H and O–H groups in total. The second kappa shape index (κ2) is 7.28. The van der Waals surface area contributed by atoms with Crippen molar-refractivity contribution in [1.82, 2.24) is 4.90 Å². The minimum Gasteiger partial charge on any atom is -0.496 e. The van der Waals surface area contributed by atoms with Crippen molar-refractivity contribution in [3.8, 4) is 5.75 Å². The van der Waals surface area contributed by atoms with E-state index in [1.807, 2.05) is 13.0 Å². The van der Waals surface area contributed by atoms with Crippen LogP contribution in [-0.4, -0.2) is 25.1 Å². The standard InChI is InChI=1S/C18H30N2O/c1-13-5-8-17(9-6-13)20(3)12-16-11-15(14(2)19)7-10-18(16)21-4/h7,10-11,13-14,17H,5-6,8-9,12,19H2,1-4H3. The van der Waals surface area contributed by atoms with Gasteiger partial charge in [0.05, 0.1) is 7.11 Å². The number of hydrogen-bond donors (Lipinski definition) is 1. The van der Waals surface area contributed by atoms with Gasteiger partial charge in [0, 0.05) is 24.2 Å². The number of methoxy groups -OCH3 is 1. The monoisotopic (exact) mass is 290 g/mol. The Morgan fingerprint density at radius 1 is 1.29 bits per heavy atom. The van der Waals surface area contributed by atoms with E-state index in [1.54, 1.807) is 7.11 Å². The fraction of sp³-hybridized carbons (Fsp3) is 0.667. The van der Waals surface area contributed by atoms with Gasteiger partial charge in [0.15, 0.2) is 0 Å². The maximum atomic E-state index is 6.01. The number of hydrogen-bond acceptors (Lipinski definition) is 3. The molecule has 3 nitrogen and oxygen atoms in total. The molecule has 0 radical (unpaired) electrons. The van der Waals surface area contributed by atoms with Crippen LogP contribution in [0.2, 0.25) is 0 Å². The Bertz CT molecular complexity index is 451. The van der Waals surface area contributed by atoms with E-state index in [-0.39, 0.29) is 6.04 Å². The van der Waals surface area contributed by atoms with Crippen LogP contribution in [0.25, 0.3) is 0 Å². The molecule has 1 aliphatic rings. The molecular formula is C18H30N2O. The predicted molar refractivity (Wildman–Crippen MR) is 88.5 cm³/mol. The quantitative estimate of drug-likeness (QED) is 0.898. The van der Waals surface area contributed by atoms with Gasteiger partial charge in [-0.25, -0.2) is 0 Å². The molecule has 1 atom stereocenters. The zero-order chi connectivity index (χ0) is 15.4. The SMILES string of the molecule is COc1ccc(C(C)N)cc1CN(C)C1CCC(C)CC1. The highest BCUT2D eigenvalue weighted by Gasteiger charge is 2.22. The van der Waals surface area contributed by atoms with Crippen molar-refractivity contribution in [3.05, 3.63) is 29.3 Å². The number of benzene rings is 1. The molecule has 0 heterocycles. The van der Waals surface area contributed by atoms with Gasteiger partial charge in [0.1, 0.15) is 5.75 Å². The number of ether oxygens (including phenoxy) is 1. The van der Waals surface area contributed by atoms with Crippen molar-refractivity contribution in [1.29, 1.82) is 0 Å². The summed E-state index contributed by atoms with van der Waals surface area (Å²) in [5.41, 5.74) is 8.43. The lowest BCUT2D eigenvalue weighted by molar-refractivity contribution is 0.162. The fourth-order valence-corrected chi connectivity index (χ4v) is 3.29. The smallest absolute Gasteiger partial charge is 0.123 e. The van der Waals surface area contributed by atoms with Gasteiger partial charge < -0.3 is 10.5 Å². The third-order valence-corrected chi connectivity index (χ3v) is 4.86. The van der Waals surface area contributed by atoms with Gasteiger partial charge in [-0.15, -0.1) is 0 Å². The molecule has 1 aliphatic carbocycles. The molecule has 0 aliphatic heterocycles. The van der Waals surface area contributed by atoms with Crippen LogP contribution < -0.4 is 10.5 Å². The first kappa shape index (κ1) is 16.3. The predicted octanol–water partition coefficient (Wildman–Crippen LogP) is 3.73. The lowest BCUT2D eigenvalue weighted by atomic mass is 9.86. The van der Waals surface area contributed by atoms with Crippen LogP contribution in [0.4, 0.5) is 0 Å². The number of nitrogens with two attached hydrogens (primary N) is 1. The van der Waals surface area contributed by atoms with Crippen molar-refractivity contribution in [2.75, 3.05) is 14.2 Å². The van der Waals surface area contributed by atoms with Crippen molar-refractivity contribution < 1.29 is 4.74 Å². The molecule has 2 rings (SSSR count). The molecule has 0 aromatic heterocycles. The van der Waals surface area contributed by atoms with Crippen LogP contribution >= 0.6 is 0 Å². The number of rotatable bonds is 5. The van der Waals surface area contributed by atoms with E-state index < -0.39 is 0 Å². The Balaban J connectivity index is 2.08. The highest BCUT2D eigenvalue weighted by molar-refractivity contribution is 5.38. The van der Waals surface area contributed by atoms with E-state index in [0.29, 0.717) is 6.04 Å². The molecule has 0 bridgehead atoms. The molecule has 3 heteroatoms. The molecule has 21 heavy (non-hydrogen) atoms. The maximum absolute atomic E-state index is 6.01. The third kappa shape index (κ3) is 4.21. The lowest BCUT2D eigenvalue weighted by Crippen LogP contribution is -2.34. The third-order valence-electron chi connectivity index (χ3n) is 4.86. The van der Waals surface area contributed by atoms with E-state index in [2.05, 4.69) is 31.0 Å². The average Bonchev–Trinajstić information content (AvgIpc) is 2.47. The maximum Gasteiger partial charge on any atom is 0.123 e. The van der Waals surface area contributed by atoms with Gasteiger partial charge >= 0.3 is 0 Å². The van der Waals surface area contributed by atoms with E-state index >= 15 is 0 Å². The van der Waals surface area contributed by atoms with Crippen molar-refractivity contribution in [2.45, 2.75) is 58.2 Å². The fourth-order valence-electron chi connectivity index (χ4n) is 3.29. The summed E-state index contributed by atoms with van der Waals surface area (Å²) in [6.07, 6.45) is 5.33. The highest BCUT2D eigenvalue weighted by atomic mass is 16.5. The second-order valence-corrected chi connectivity index (χ2v) is 6.69. The van der Waals surface area contributed by atoms with Crippen molar-refractivity contribution in [2.24, 2.45) is 11.7 Å². The van der Waals surface area contributed by atoms with Crippen LogP contribution in [0.5, 0.6) is 5.75 Å². The van der Waals surface area contributed by atoms with Gasteiger partial charge in [-0.3, -0.25) is 4.90 Å². The zero-order valence-corrected chi connectivity index (χ0v) is 13.9. The molecule has 1 saturated carbocycles. The molecule has 1 aromatic rings. The molecule has 0 spiro atoms. The summed E-state index contributed by atoms with van der Waals surface area (Å²) >= 11 is 0. The molecular weight excluding hydrogens is 260 g/mol. The average molecular weight is 290 g/mol. The molecule has 1 fully saturated rings. The summed E-state index contributed by atoms with van der Waals surface area (Å²) < 4.78 is 5.52. The summed E-state index contributed by atoms with van der Waals surface area (Å²) in [4.78, 5) is 2.48. The van der Waals surface area contributed by atoms with E-state index in [9.17, 15) is 0 Å². The Labute approximate surface area is 129 Å². The first-order valence-electron chi connectivity index (χ1n) is 8.14. The first-order valence-corrected chi connectivity index (χ1v) is 8.14. The Kier molecular flexibility index (Phi) is 5.65. The highest BCUT2D eigenvalue weighted by Crippen LogP contribution is 2.29. The van der Waals surface area contributed by atoms with Gasteiger partial charge in [-0.1, -0.05) is 13.0 Å². The van der Waals surface area contributed by atoms with Crippen LogP contribution in [0.3, 0.4) is 0 Å². The van der Waals surface area contributed by atoms with Crippen LogP contribution in [-0.2, 0) is 6.54 Å². The summed E-state index contributed by atoms with van der Waals surface area (Å²) in [5, 5.41) is 0. The van der Waals surface area contributed by atoms with Gasteiger partial charge in [-0.05, 0) is 63.3 Å². The van der Waals surface area contributed by atoms with Crippen molar-refractivity contribution >= 4 is 0 Å². The summed E-state index contributed by atoms with van der Waals surface area (Å²) in [5.74, 6) is 1.86. The topological polar surface area (TPSA) is 38.5 Å². The second-order valence-electron chi connectivity index (χ2n) is 6.69. The van der Waals surface area contributed by atoms with Gasteiger partial charge in [0.2, 0.25) is 0 Å². The van der Waals surface area contributed by atoms with E-state index in [0.717, 1.165) is 18.2 Å². The Hall–Kier alpha value is -1.06. The first-order chi connectivity index (χ1) is 10.0. The van der Waals surface area contributed by atoms with E-state index in [1.165, 1.54) is 36.8 Å². The molecule has 1 aromatic carbocycles. The summed E-state index contributed by atoms with van der Waals surface area (Å²) in [6.45, 7) is 5.33.